The van der Waals surface area contributed by atoms with Crippen molar-refractivity contribution in [3.05, 3.63) is 16.4 Å². The number of aryl methyl sites for hydroxylation is 2. The Morgan fingerprint density at radius 3 is 2.81 bits per heavy atom. The van der Waals surface area contributed by atoms with Crippen molar-refractivity contribution in [2.24, 2.45) is 7.05 Å². The van der Waals surface area contributed by atoms with Gasteiger partial charge in [0.15, 0.2) is 0 Å². The van der Waals surface area contributed by atoms with Crippen LogP contribution in [0, 0.1) is 6.92 Å². The molecule has 0 saturated heterocycles. The van der Waals surface area contributed by atoms with E-state index < -0.39 is 0 Å². The van der Waals surface area contributed by atoms with E-state index in [9.17, 15) is 0 Å². The van der Waals surface area contributed by atoms with E-state index in [1.807, 2.05) is 20.9 Å². The lowest BCUT2D eigenvalue weighted by atomic mass is 10.2. The molecule has 1 aromatic rings. The number of nitrogens with one attached hydrogen (secondary N) is 1. The first kappa shape index (κ1) is 13.5. The molecule has 1 rings (SSSR count). The minimum absolute atomic E-state index is 0.717. The van der Waals surface area contributed by atoms with Crippen molar-refractivity contribution in [1.82, 2.24) is 15.1 Å². The van der Waals surface area contributed by atoms with Gasteiger partial charge in [0.25, 0.3) is 0 Å². The van der Waals surface area contributed by atoms with Gasteiger partial charge in [0.05, 0.1) is 5.69 Å². The molecule has 0 aliphatic rings. The van der Waals surface area contributed by atoms with Crippen LogP contribution in [0.3, 0.4) is 0 Å². The van der Waals surface area contributed by atoms with E-state index in [-0.39, 0.29) is 0 Å². The summed E-state index contributed by atoms with van der Waals surface area (Å²) in [5.74, 6) is 0. The van der Waals surface area contributed by atoms with Gasteiger partial charge in [-0.1, -0.05) is 11.6 Å². The van der Waals surface area contributed by atoms with Crippen LogP contribution in [0.1, 0.15) is 24.6 Å². The molecule has 5 heteroatoms. The van der Waals surface area contributed by atoms with Crippen LogP contribution in [0.25, 0.3) is 0 Å². The van der Waals surface area contributed by atoms with Crippen molar-refractivity contribution in [1.29, 1.82) is 0 Å². The predicted molar refractivity (Wildman–Crippen MR) is 65.8 cm³/mol. The Labute approximate surface area is 102 Å². The normalized spacial score (nSPS) is 11.0. The van der Waals surface area contributed by atoms with Gasteiger partial charge in [-0.05, 0) is 26.8 Å². The SMILES string of the molecule is CCOCCCNCc1c(C)nn(C)c1Cl. The average molecular weight is 246 g/mol. The molecule has 0 amide bonds. The smallest absolute Gasteiger partial charge is 0.131 e. The first-order valence-electron chi connectivity index (χ1n) is 5.63. The lowest BCUT2D eigenvalue weighted by Crippen LogP contribution is -2.16. The second-order valence-electron chi connectivity index (χ2n) is 3.71. The largest absolute Gasteiger partial charge is 0.382 e. The maximum atomic E-state index is 6.11. The van der Waals surface area contributed by atoms with E-state index in [0.717, 1.165) is 49.1 Å². The Hall–Kier alpha value is -0.580. The molecule has 0 saturated carbocycles. The zero-order valence-corrected chi connectivity index (χ0v) is 11.0. The summed E-state index contributed by atoms with van der Waals surface area (Å²) in [6.45, 7) is 7.28. The molecule has 4 nitrogen and oxygen atoms in total. The molecule has 0 fully saturated rings. The van der Waals surface area contributed by atoms with E-state index in [2.05, 4.69) is 10.4 Å². The molecule has 0 atom stereocenters. The molecule has 16 heavy (non-hydrogen) atoms. The van der Waals surface area contributed by atoms with E-state index in [1.165, 1.54) is 0 Å². The van der Waals surface area contributed by atoms with Crippen LogP contribution in [0.5, 0.6) is 0 Å². The standard InChI is InChI=1S/C11H20ClN3O/c1-4-16-7-5-6-13-8-10-9(2)14-15(3)11(10)12/h13H,4-8H2,1-3H3. The lowest BCUT2D eigenvalue weighted by Gasteiger charge is -2.04. The fourth-order valence-corrected chi connectivity index (χ4v) is 1.77. The lowest BCUT2D eigenvalue weighted by molar-refractivity contribution is 0.144. The Kier molecular flexibility index (Phi) is 5.80. The summed E-state index contributed by atoms with van der Waals surface area (Å²) in [6.07, 6.45) is 1.02. The number of nitrogens with zero attached hydrogens (tertiary/aromatic N) is 2. The summed E-state index contributed by atoms with van der Waals surface area (Å²) in [7, 11) is 1.86. The Balaban J connectivity index is 2.26. The molecule has 0 aromatic carbocycles. The molecule has 92 valence electrons. The van der Waals surface area contributed by atoms with Crippen LogP contribution in [0.2, 0.25) is 5.15 Å². The predicted octanol–water partition coefficient (Wildman–Crippen LogP) is 1.90. The third-order valence-corrected chi connectivity index (χ3v) is 2.89. The number of halogens is 1. The van der Waals surface area contributed by atoms with Crippen molar-refractivity contribution in [2.45, 2.75) is 26.8 Å². The molecule has 1 N–H and O–H groups in total. The van der Waals surface area contributed by atoms with Crippen molar-refractivity contribution >= 4 is 11.6 Å². The molecule has 0 unspecified atom stereocenters. The summed E-state index contributed by atoms with van der Waals surface area (Å²) in [5, 5.41) is 8.31. The first-order chi connectivity index (χ1) is 7.66. The van der Waals surface area contributed by atoms with Crippen LogP contribution in [0.15, 0.2) is 0 Å². The Morgan fingerprint density at radius 1 is 1.50 bits per heavy atom. The highest BCUT2D eigenvalue weighted by atomic mass is 35.5. The Morgan fingerprint density at radius 2 is 2.25 bits per heavy atom. The third-order valence-electron chi connectivity index (χ3n) is 2.42. The fraction of sp³-hybridized carbons (Fsp3) is 0.727. The Bertz CT molecular complexity index is 325. The van der Waals surface area contributed by atoms with Gasteiger partial charge in [0.2, 0.25) is 0 Å². The van der Waals surface area contributed by atoms with Crippen LogP contribution >= 0.6 is 11.6 Å². The zero-order valence-electron chi connectivity index (χ0n) is 10.2. The van der Waals surface area contributed by atoms with Crippen molar-refractivity contribution < 1.29 is 4.74 Å². The molecule has 0 radical (unpaired) electrons. The monoisotopic (exact) mass is 245 g/mol. The van der Waals surface area contributed by atoms with Gasteiger partial charge in [-0.15, -0.1) is 0 Å². The number of hydrogen-bond acceptors (Lipinski definition) is 3. The van der Waals surface area contributed by atoms with Gasteiger partial charge in [0, 0.05) is 32.4 Å². The molecule has 0 aliphatic heterocycles. The highest BCUT2D eigenvalue weighted by molar-refractivity contribution is 6.30. The number of ether oxygens (including phenoxy) is 1. The van der Waals surface area contributed by atoms with E-state index >= 15 is 0 Å². The minimum atomic E-state index is 0.717. The average Bonchev–Trinajstić information content (AvgIpc) is 2.49. The number of aromatic nitrogens is 2. The molecule has 0 bridgehead atoms. The quantitative estimate of drug-likeness (QED) is 0.746. The van der Waals surface area contributed by atoms with Gasteiger partial charge >= 0.3 is 0 Å². The summed E-state index contributed by atoms with van der Waals surface area (Å²) in [4.78, 5) is 0. The van der Waals surface area contributed by atoms with Crippen LogP contribution in [-0.4, -0.2) is 29.5 Å². The summed E-state index contributed by atoms with van der Waals surface area (Å²) in [6, 6.07) is 0. The van der Waals surface area contributed by atoms with Gasteiger partial charge in [-0.2, -0.15) is 5.10 Å². The second kappa shape index (κ2) is 6.89. The molecule has 0 spiro atoms. The van der Waals surface area contributed by atoms with E-state index in [4.69, 9.17) is 16.3 Å². The first-order valence-corrected chi connectivity index (χ1v) is 6.01. The van der Waals surface area contributed by atoms with Crippen LogP contribution in [-0.2, 0) is 18.3 Å². The van der Waals surface area contributed by atoms with E-state index in [0.29, 0.717) is 0 Å². The van der Waals surface area contributed by atoms with Gasteiger partial charge in [-0.3, -0.25) is 4.68 Å². The maximum absolute atomic E-state index is 6.11. The summed E-state index contributed by atoms with van der Waals surface area (Å²) in [5.41, 5.74) is 2.07. The topological polar surface area (TPSA) is 39.1 Å². The number of hydrogen-bond donors (Lipinski definition) is 1. The molecule has 1 heterocycles. The third kappa shape index (κ3) is 3.77. The fourth-order valence-electron chi connectivity index (χ4n) is 1.53. The summed E-state index contributed by atoms with van der Waals surface area (Å²) >= 11 is 6.11. The maximum Gasteiger partial charge on any atom is 0.131 e. The van der Waals surface area contributed by atoms with Gasteiger partial charge < -0.3 is 10.1 Å². The van der Waals surface area contributed by atoms with E-state index in [1.54, 1.807) is 4.68 Å². The van der Waals surface area contributed by atoms with Crippen molar-refractivity contribution in [3.63, 3.8) is 0 Å². The van der Waals surface area contributed by atoms with Crippen molar-refractivity contribution in [2.75, 3.05) is 19.8 Å². The second-order valence-corrected chi connectivity index (χ2v) is 4.06. The summed E-state index contributed by atoms with van der Waals surface area (Å²) < 4.78 is 6.96. The highest BCUT2D eigenvalue weighted by Crippen LogP contribution is 2.17. The highest BCUT2D eigenvalue weighted by Gasteiger charge is 2.09. The molecule has 0 aliphatic carbocycles. The molecular formula is C11H20ClN3O. The minimum Gasteiger partial charge on any atom is -0.382 e. The molecular weight excluding hydrogens is 226 g/mol. The van der Waals surface area contributed by atoms with Crippen LogP contribution < -0.4 is 5.32 Å². The van der Waals surface area contributed by atoms with Gasteiger partial charge in [0.1, 0.15) is 5.15 Å². The van der Waals surface area contributed by atoms with Crippen molar-refractivity contribution in [3.8, 4) is 0 Å². The molecule has 1 aromatic heterocycles. The zero-order chi connectivity index (χ0) is 12.0. The van der Waals surface area contributed by atoms with Gasteiger partial charge in [-0.25, -0.2) is 0 Å². The number of rotatable bonds is 7. The van der Waals surface area contributed by atoms with Crippen LogP contribution in [0.4, 0.5) is 0 Å².